The van der Waals surface area contributed by atoms with E-state index in [9.17, 15) is 4.79 Å². The Hall–Kier alpha value is -0.790. The molecule has 20 heavy (non-hydrogen) atoms. The number of carbonyl (C=O) groups is 1. The Morgan fingerprint density at radius 3 is 2.10 bits per heavy atom. The summed E-state index contributed by atoms with van der Waals surface area (Å²) in [5.41, 5.74) is 0.488. The molecular weight excluding hydrogens is 248 g/mol. The van der Waals surface area contributed by atoms with E-state index in [1.165, 1.54) is 51.4 Å². The van der Waals surface area contributed by atoms with E-state index >= 15 is 0 Å². The van der Waals surface area contributed by atoms with Crippen LogP contribution in [0.15, 0.2) is 12.2 Å². The van der Waals surface area contributed by atoms with Crippen LogP contribution in [0.25, 0.3) is 0 Å². The maximum Gasteiger partial charge on any atom is 0.333 e. The van der Waals surface area contributed by atoms with Gasteiger partial charge in [-0.2, -0.15) is 0 Å². The highest BCUT2D eigenvalue weighted by Crippen LogP contribution is 2.17. The van der Waals surface area contributed by atoms with Crippen molar-refractivity contribution in [2.75, 3.05) is 6.61 Å². The normalized spacial score (nSPS) is 12.2. The molecule has 0 rings (SSSR count). The molecule has 0 saturated carbocycles. The summed E-state index contributed by atoms with van der Waals surface area (Å²) in [6.07, 6.45) is 12.9. The number of unbranched alkanes of at least 4 members (excludes halogenated alkanes) is 6. The van der Waals surface area contributed by atoms with Crippen molar-refractivity contribution in [1.82, 2.24) is 0 Å². The minimum absolute atomic E-state index is 0.259. The van der Waals surface area contributed by atoms with Crippen molar-refractivity contribution < 1.29 is 9.53 Å². The quantitative estimate of drug-likeness (QED) is 0.247. The monoisotopic (exact) mass is 282 g/mol. The number of esters is 1. The van der Waals surface area contributed by atoms with Crippen LogP contribution in [0.2, 0.25) is 0 Å². The molecule has 0 spiro atoms. The number of rotatable bonds is 13. The van der Waals surface area contributed by atoms with Gasteiger partial charge in [0, 0.05) is 5.57 Å². The molecule has 0 radical (unpaired) electrons. The summed E-state index contributed by atoms with van der Waals surface area (Å²) in [7, 11) is 0. The van der Waals surface area contributed by atoms with Crippen molar-refractivity contribution in [3.05, 3.63) is 12.2 Å². The van der Waals surface area contributed by atoms with Crippen LogP contribution in [-0.2, 0) is 9.53 Å². The van der Waals surface area contributed by atoms with Crippen LogP contribution in [0.5, 0.6) is 0 Å². The Balaban J connectivity index is 3.26. The first-order valence-electron chi connectivity index (χ1n) is 8.40. The zero-order chi connectivity index (χ0) is 15.2. The SMILES string of the molecule is C=C(C)C(=O)OCCCCCCC(C)CCCCCC. The molecule has 0 heterocycles. The highest BCUT2D eigenvalue weighted by Gasteiger charge is 2.03. The molecule has 0 bridgehead atoms. The smallest absolute Gasteiger partial charge is 0.333 e. The lowest BCUT2D eigenvalue weighted by Gasteiger charge is -2.10. The lowest BCUT2D eigenvalue weighted by molar-refractivity contribution is -0.139. The molecule has 118 valence electrons. The van der Waals surface area contributed by atoms with Gasteiger partial charge in [0.05, 0.1) is 6.61 Å². The Morgan fingerprint density at radius 1 is 1.00 bits per heavy atom. The van der Waals surface area contributed by atoms with Crippen LogP contribution in [0.3, 0.4) is 0 Å². The van der Waals surface area contributed by atoms with Crippen LogP contribution in [-0.4, -0.2) is 12.6 Å². The van der Waals surface area contributed by atoms with Gasteiger partial charge in [0.25, 0.3) is 0 Å². The third kappa shape index (κ3) is 12.3. The predicted octanol–water partition coefficient (Wildman–Crippen LogP) is 5.66. The van der Waals surface area contributed by atoms with Gasteiger partial charge in [-0.05, 0) is 19.3 Å². The van der Waals surface area contributed by atoms with Crippen molar-refractivity contribution in [3.8, 4) is 0 Å². The average Bonchev–Trinajstić information content (AvgIpc) is 2.42. The summed E-state index contributed by atoms with van der Waals surface area (Å²) in [6, 6.07) is 0. The maximum atomic E-state index is 11.1. The lowest BCUT2D eigenvalue weighted by atomic mass is 9.96. The Labute approximate surface area is 126 Å². The molecule has 1 atom stereocenters. The summed E-state index contributed by atoms with van der Waals surface area (Å²) < 4.78 is 5.07. The van der Waals surface area contributed by atoms with E-state index in [2.05, 4.69) is 20.4 Å². The van der Waals surface area contributed by atoms with Gasteiger partial charge >= 0.3 is 5.97 Å². The third-order valence-electron chi connectivity index (χ3n) is 3.72. The highest BCUT2D eigenvalue weighted by atomic mass is 16.5. The van der Waals surface area contributed by atoms with Crippen molar-refractivity contribution in [1.29, 1.82) is 0 Å². The molecule has 0 aromatic carbocycles. The fourth-order valence-corrected chi connectivity index (χ4v) is 2.30. The fraction of sp³-hybridized carbons (Fsp3) is 0.833. The van der Waals surface area contributed by atoms with Gasteiger partial charge in [0.15, 0.2) is 0 Å². The van der Waals surface area contributed by atoms with Gasteiger partial charge in [-0.15, -0.1) is 0 Å². The molecule has 0 aliphatic heterocycles. The number of hydrogen-bond donors (Lipinski definition) is 0. The van der Waals surface area contributed by atoms with Crippen LogP contribution < -0.4 is 0 Å². The molecule has 0 N–H and O–H groups in total. The summed E-state index contributed by atoms with van der Waals surface area (Å²) in [4.78, 5) is 11.1. The molecule has 0 fully saturated rings. The van der Waals surface area contributed by atoms with E-state index in [1.807, 2.05) is 0 Å². The second-order valence-corrected chi connectivity index (χ2v) is 6.07. The average molecular weight is 282 g/mol. The van der Waals surface area contributed by atoms with E-state index < -0.39 is 0 Å². The summed E-state index contributed by atoms with van der Waals surface area (Å²) >= 11 is 0. The van der Waals surface area contributed by atoms with Crippen LogP contribution in [0.4, 0.5) is 0 Å². The molecule has 0 aliphatic carbocycles. The van der Waals surface area contributed by atoms with Crippen LogP contribution >= 0.6 is 0 Å². The van der Waals surface area contributed by atoms with Gasteiger partial charge in [-0.3, -0.25) is 0 Å². The van der Waals surface area contributed by atoms with Gasteiger partial charge in [-0.1, -0.05) is 78.2 Å². The maximum absolute atomic E-state index is 11.1. The van der Waals surface area contributed by atoms with Crippen molar-refractivity contribution >= 4 is 5.97 Å². The first-order valence-corrected chi connectivity index (χ1v) is 8.40. The van der Waals surface area contributed by atoms with E-state index in [0.717, 1.165) is 18.8 Å². The minimum atomic E-state index is -0.259. The van der Waals surface area contributed by atoms with Gasteiger partial charge in [0.2, 0.25) is 0 Å². The number of ether oxygens (including phenoxy) is 1. The molecule has 0 saturated heterocycles. The predicted molar refractivity (Wildman–Crippen MR) is 86.8 cm³/mol. The van der Waals surface area contributed by atoms with Crippen LogP contribution in [0.1, 0.15) is 85.0 Å². The zero-order valence-corrected chi connectivity index (χ0v) is 13.9. The van der Waals surface area contributed by atoms with Gasteiger partial charge in [0.1, 0.15) is 0 Å². The van der Waals surface area contributed by atoms with Crippen molar-refractivity contribution in [3.63, 3.8) is 0 Å². The van der Waals surface area contributed by atoms with Gasteiger partial charge < -0.3 is 4.74 Å². The molecule has 2 nitrogen and oxygen atoms in total. The topological polar surface area (TPSA) is 26.3 Å². The standard InChI is InChI=1S/C18H34O2/c1-5-6-7-10-13-17(4)14-11-8-9-12-15-20-18(19)16(2)3/h17H,2,5-15H2,1,3-4H3. The zero-order valence-electron chi connectivity index (χ0n) is 13.9. The first-order chi connectivity index (χ1) is 9.57. The molecule has 1 unspecified atom stereocenters. The Kier molecular flexibility index (Phi) is 12.7. The Bertz CT molecular complexity index is 258. The molecule has 0 aromatic rings. The second-order valence-electron chi connectivity index (χ2n) is 6.07. The Morgan fingerprint density at radius 2 is 1.55 bits per heavy atom. The van der Waals surface area contributed by atoms with E-state index in [0.29, 0.717) is 12.2 Å². The molecule has 0 aromatic heterocycles. The summed E-state index contributed by atoms with van der Waals surface area (Å²) in [5.74, 6) is 0.610. The largest absolute Gasteiger partial charge is 0.462 e. The molecule has 0 aliphatic rings. The van der Waals surface area contributed by atoms with E-state index in [-0.39, 0.29) is 5.97 Å². The van der Waals surface area contributed by atoms with Crippen molar-refractivity contribution in [2.45, 2.75) is 85.0 Å². The lowest BCUT2D eigenvalue weighted by Crippen LogP contribution is -2.06. The van der Waals surface area contributed by atoms with E-state index in [4.69, 9.17) is 4.74 Å². The third-order valence-corrected chi connectivity index (χ3v) is 3.72. The number of hydrogen-bond acceptors (Lipinski definition) is 2. The molecule has 2 heteroatoms. The highest BCUT2D eigenvalue weighted by molar-refractivity contribution is 5.86. The van der Waals surface area contributed by atoms with Crippen molar-refractivity contribution in [2.24, 2.45) is 5.92 Å². The second kappa shape index (κ2) is 13.2. The first kappa shape index (κ1) is 19.2. The summed E-state index contributed by atoms with van der Waals surface area (Å²) in [5, 5.41) is 0. The molecular formula is C18H34O2. The minimum Gasteiger partial charge on any atom is -0.462 e. The summed E-state index contributed by atoms with van der Waals surface area (Å²) in [6.45, 7) is 10.4. The van der Waals surface area contributed by atoms with E-state index in [1.54, 1.807) is 6.92 Å². The number of carbonyl (C=O) groups excluding carboxylic acids is 1. The molecule has 0 amide bonds. The van der Waals surface area contributed by atoms with Gasteiger partial charge in [-0.25, -0.2) is 4.79 Å². The van der Waals surface area contributed by atoms with Crippen LogP contribution in [0, 0.1) is 5.92 Å². The fourth-order valence-electron chi connectivity index (χ4n) is 2.30.